The van der Waals surface area contributed by atoms with Crippen LogP contribution in [0.25, 0.3) is 0 Å². The van der Waals surface area contributed by atoms with Crippen molar-refractivity contribution in [3.05, 3.63) is 12.4 Å². The Labute approximate surface area is 121 Å². The van der Waals surface area contributed by atoms with E-state index in [0.717, 1.165) is 25.7 Å². The van der Waals surface area contributed by atoms with E-state index in [-0.39, 0.29) is 23.8 Å². The van der Waals surface area contributed by atoms with Crippen LogP contribution < -0.4 is 5.32 Å². The minimum absolute atomic E-state index is 0.122. The Kier molecular flexibility index (Phi) is 3.95. The fourth-order valence-electron chi connectivity index (χ4n) is 2.83. The number of rotatable bonds is 3. The summed E-state index contributed by atoms with van der Waals surface area (Å²) in [6, 6.07) is -0.358. The van der Waals surface area contributed by atoms with Gasteiger partial charge in [-0.15, -0.1) is 11.8 Å². The lowest BCUT2D eigenvalue weighted by molar-refractivity contribution is -0.139. The first-order valence-electron chi connectivity index (χ1n) is 6.93. The van der Waals surface area contributed by atoms with Crippen molar-refractivity contribution < 1.29 is 9.59 Å². The van der Waals surface area contributed by atoms with Crippen LogP contribution in [0.1, 0.15) is 25.7 Å². The number of amides is 2. The zero-order valence-corrected chi connectivity index (χ0v) is 12.0. The first-order valence-corrected chi connectivity index (χ1v) is 8.09. The highest BCUT2D eigenvalue weighted by molar-refractivity contribution is 7.99. The van der Waals surface area contributed by atoms with Crippen LogP contribution in [0.3, 0.4) is 0 Å². The Bertz CT molecular complexity index is 485. The Morgan fingerprint density at radius 2 is 2.20 bits per heavy atom. The molecule has 108 valence electrons. The lowest BCUT2D eigenvalue weighted by Crippen LogP contribution is -2.46. The summed E-state index contributed by atoms with van der Waals surface area (Å²) >= 11 is 1.64. The first-order chi connectivity index (χ1) is 9.75. The van der Waals surface area contributed by atoms with Crippen LogP contribution in [0.2, 0.25) is 0 Å². The van der Waals surface area contributed by atoms with Gasteiger partial charge in [-0.3, -0.25) is 14.7 Å². The maximum absolute atomic E-state index is 12.5. The Hall–Kier alpha value is -1.50. The van der Waals surface area contributed by atoms with Crippen LogP contribution in [0, 0.1) is 5.92 Å². The van der Waals surface area contributed by atoms with Gasteiger partial charge in [-0.2, -0.15) is 5.10 Å². The summed E-state index contributed by atoms with van der Waals surface area (Å²) in [5, 5.41) is 9.25. The van der Waals surface area contributed by atoms with Gasteiger partial charge in [-0.25, -0.2) is 0 Å². The fraction of sp³-hybridized carbons (Fsp3) is 0.615. The molecular weight excluding hydrogens is 276 g/mol. The smallest absolute Gasteiger partial charge is 0.248 e. The highest BCUT2D eigenvalue weighted by Gasteiger charge is 2.38. The van der Waals surface area contributed by atoms with Crippen LogP contribution in [0.4, 0.5) is 5.69 Å². The summed E-state index contributed by atoms with van der Waals surface area (Å²) < 4.78 is 0. The van der Waals surface area contributed by atoms with Crippen molar-refractivity contribution in [2.75, 3.05) is 16.9 Å². The molecular formula is C13H18N4O2S. The van der Waals surface area contributed by atoms with Gasteiger partial charge in [0.1, 0.15) is 6.04 Å². The summed E-state index contributed by atoms with van der Waals surface area (Å²) in [4.78, 5) is 26.5. The molecule has 3 rings (SSSR count). The molecule has 0 radical (unpaired) electrons. The number of carbonyl (C=O) groups excluding carboxylic acids is 2. The molecule has 0 aromatic carbocycles. The zero-order valence-electron chi connectivity index (χ0n) is 11.2. The third-order valence-electron chi connectivity index (χ3n) is 3.94. The third kappa shape index (κ3) is 2.67. The molecule has 6 nitrogen and oxygen atoms in total. The summed E-state index contributed by atoms with van der Waals surface area (Å²) in [5.74, 6) is 1.45. The molecule has 0 unspecified atom stereocenters. The van der Waals surface area contributed by atoms with Gasteiger partial charge >= 0.3 is 0 Å². The van der Waals surface area contributed by atoms with Gasteiger partial charge in [-0.05, 0) is 12.8 Å². The maximum Gasteiger partial charge on any atom is 0.248 e. The minimum Gasteiger partial charge on any atom is -0.322 e. The van der Waals surface area contributed by atoms with Crippen LogP contribution in [0.5, 0.6) is 0 Å². The molecule has 2 fully saturated rings. The molecule has 1 saturated carbocycles. The molecule has 1 aliphatic carbocycles. The van der Waals surface area contributed by atoms with Crippen molar-refractivity contribution in [3.8, 4) is 0 Å². The van der Waals surface area contributed by atoms with Gasteiger partial charge in [0.25, 0.3) is 0 Å². The average Bonchev–Trinajstić information content (AvgIpc) is 3.19. The molecule has 2 amide bonds. The zero-order chi connectivity index (χ0) is 13.9. The van der Waals surface area contributed by atoms with E-state index < -0.39 is 0 Å². The van der Waals surface area contributed by atoms with Gasteiger partial charge in [-0.1, -0.05) is 12.8 Å². The second-order valence-electron chi connectivity index (χ2n) is 5.28. The number of anilines is 1. The molecule has 1 saturated heterocycles. The van der Waals surface area contributed by atoms with E-state index in [0.29, 0.717) is 17.3 Å². The highest BCUT2D eigenvalue weighted by Crippen LogP contribution is 2.31. The van der Waals surface area contributed by atoms with Crippen molar-refractivity contribution >= 4 is 29.3 Å². The lowest BCUT2D eigenvalue weighted by atomic mass is 10.1. The van der Waals surface area contributed by atoms with Gasteiger partial charge < -0.3 is 10.2 Å². The molecule has 1 atom stereocenters. The topological polar surface area (TPSA) is 78.1 Å². The molecule has 2 heterocycles. The molecule has 7 heteroatoms. The van der Waals surface area contributed by atoms with E-state index in [4.69, 9.17) is 0 Å². The first kappa shape index (κ1) is 13.5. The number of nitrogens with one attached hydrogen (secondary N) is 2. The Balaban J connectivity index is 1.65. The second kappa shape index (κ2) is 5.87. The van der Waals surface area contributed by atoms with Crippen molar-refractivity contribution in [2.45, 2.75) is 31.7 Å². The van der Waals surface area contributed by atoms with Crippen LogP contribution in [-0.2, 0) is 9.59 Å². The number of hydrogen-bond acceptors (Lipinski definition) is 4. The van der Waals surface area contributed by atoms with E-state index in [9.17, 15) is 9.59 Å². The number of aromatic amines is 1. The molecule has 1 aliphatic heterocycles. The molecule has 0 spiro atoms. The second-order valence-corrected chi connectivity index (χ2v) is 6.28. The monoisotopic (exact) mass is 294 g/mol. The van der Waals surface area contributed by atoms with Gasteiger partial charge in [0, 0.05) is 17.9 Å². The highest BCUT2D eigenvalue weighted by atomic mass is 32.2. The van der Waals surface area contributed by atoms with E-state index in [1.54, 1.807) is 29.1 Å². The van der Waals surface area contributed by atoms with Crippen molar-refractivity contribution in [1.82, 2.24) is 15.1 Å². The number of hydrogen-bond donors (Lipinski definition) is 2. The third-order valence-corrected chi connectivity index (χ3v) is 4.95. The van der Waals surface area contributed by atoms with E-state index in [1.807, 2.05) is 0 Å². The van der Waals surface area contributed by atoms with E-state index >= 15 is 0 Å². The molecule has 1 aromatic rings. The number of thioether (sulfide) groups is 1. The van der Waals surface area contributed by atoms with Crippen LogP contribution >= 0.6 is 11.8 Å². The average molecular weight is 294 g/mol. The largest absolute Gasteiger partial charge is 0.322 e. The minimum atomic E-state index is -0.358. The van der Waals surface area contributed by atoms with Crippen LogP contribution in [0.15, 0.2) is 12.4 Å². The maximum atomic E-state index is 12.5. The number of aromatic nitrogens is 2. The van der Waals surface area contributed by atoms with Crippen molar-refractivity contribution in [3.63, 3.8) is 0 Å². The fourth-order valence-corrected chi connectivity index (χ4v) is 3.99. The normalized spacial score (nSPS) is 23.2. The predicted molar refractivity (Wildman–Crippen MR) is 77.1 cm³/mol. The Morgan fingerprint density at radius 3 is 2.90 bits per heavy atom. The summed E-state index contributed by atoms with van der Waals surface area (Å²) in [6.45, 7) is 0. The molecule has 0 bridgehead atoms. The number of H-pyrrole nitrogens is 1. The van der Waals surface area contributed by atoms with Gasteiger partial charge in [0.15, 0.2) is 0 Å². The molecule has 2 N–H and O–H groups in total. The lowest BCUT2D eigenvalue weighted by Gasteiger charge is -2.25. The van der Waals surface area contributed by atoms with E-state index in [1.165, 1.54) is 0 Å². The summed E-state index contributed by atoms with van der Waals surface area (Å²) in [7, 11) is 0. The quantitative estimate of drug-likeness (QED) is 0.884. The Morgan fingerprint density at radius 1 is 1.40 bits per heavy atom. The summed E-state index contributed by atoms with van der Waals surface area (Å²) in [5.41, 5.74) is 0.639. The molecule has 2 aliphatic rings. The van der Waals surface area contributed by atoms with Gasteiger partial charge in [0.2, 0.25) is 11.8 Å². The standard InChI is InChI=1S/C13H18N4O2S/c18-12(16-10-5-14-15-6-10)11-7-20-8-17(11)13(19)9-3-1-2-4-9/h5-6,9,11H,1-4,7-8H2,(H,14,15)(H,16,18)/t11-/m0/s1. The predicted octanol–water partition coefficient (Wildman–Crippen LogP) is 1.44. The molecule has 20 heavy (non-hydrogen) atoms. The van der Waals surface area contributed by atoms with Gasteiger partial charge in [0.05, 0.1) is 17.8 Å². The number of carbonyl (C=O) groups is 2. The molecule has 1 aromatic heterocycles. The SMILES string of the molecule is O=C(Nc1cn[nH]c1)[C@@H]1CSCN1C(=O)C1CCCC1. The van der Waals surface area contributed by atoms with Crippen molar-refractivity contribution in [2.24, 2.45) is 5.92 Å². The van der Waals surface area contributed by atoms with Crippen LogP contribution in [-0.4, -0.2) is 44.6 Å². The van der Waals surface area contributed by atoms with E-state index in [2.05, 4.69) is 15.5 Å². The summed E-state index contributed by atoms with van der Waals surface area (Å²) in [6.07, 6.45) is 7.38. The van der Waals surface area contributed by atoms with Crippen molar-refractivity contribution in [1.29, 1.82) is 0 Å². The number of nitrogens with zero attached hydrogens (tertiary/aromatic N) is 2.